The highest BCUT2D eigenvalue weighted by atomic mass is 19.1. The fourth-order valence-electron chi connectivity index (χ4n) is 4.57. The lowest BCUT2D eigenvalue weighted by Crippen LogP contribution is -2.11. The van der Waals surface area contributed by atoms with E-state index < -0.39 is 0 Å². The summed E-state index contributed by atoms with van der Waals surface area (Å²) < 4.78 is 14.1. The van der Waals surface area contributed by atoms with Crippen molar-refractivity contribution in [1.82, 2.24) is 35.1 Å². The zero-order valence-electron chi connectivity index (χ0n) is 21.4. The highest BCUT2D eigenvalue weighted by Crippen LogP contribution is 2.31. The number of carbonyl (C=O) groups is 1. The normalized spacial score (nSPS) is 11.4. The first-order valence-electron chi connectivity index (χ1n) is 12.7. The number of benzene rings is 1. The number of carbonyl (C=O) groups excluding carboxylic acids is 1. The van der Waals surface area contributed by atoms with Gasteiger partial charge in [0.25, 0.3) is 0 Å². The van der Waals surface area contributed by atoms with E-state index in [1.165, 1.54) is 12.1 Å². The van der Waals surface area contributed by atoms with Gasteiger partial charge >= 0.3 is 0 Å². The minimum Gasteiger partial charge on any atom is -0.336 e. The van der Waals surface area contributed by atoms with Crippen molar-refractivity contribution in [3.05, 3.63) is 72.4 Å². The van der Waals surface area contributed by atoms with Crippen LogP contribution in [0.25, 0.3) is 56.1 Å². The summed E-state index contributed by atoms with van der Waals surface area (Å²) in [5, 5.41) is 10.4. The van der Waals surface area contributed by atoms with Crippen molar-refractivity contribution in [1.29, 1.82) is 0 Å². The third-order valence-electron chi connectivity index (χ3n) is 6.42. The number of hydrogen-bond donors (Lipinski definition) is 3. The Morgan fingerprint density at radius 2 is 1.85 bits per heavy atom. The average molecular weight is 521 g/mol. The maximum Gasteiger partial charge on any atom is 0.224 e. The summed E-state index contributed by atoms with van der Waals surface area (Å²) in [4.78, 5) is 33.9. The van der Waals surface area contributed by atoms with Crippen LogP contribution in [0.1, 0.15) is 31.7 Å². The van der Waals surface area contributed by atoms with E-state index in [1.54, 1.807) is 18.6 Å². The molecule has 39 heavy (non-hydrogen) atoms. The van der Waals surface area contributed by atoms with E-state index in [1.807, 2.05) is 44.2 Å². The predicted octanol–water partition coefficient (Wildman–Crippen LogP) is 6.20. The summed E-state index contributed by atoms with van der Waals surface area (Å²) in [6.45, 7) is 3.89. The van der Waals surface area contributed by atoms with Crippen LogP contribution in [0.5, 0.6) is 0 Å². The van der Waals surface area contributed by atoms with E-state index in [2.05, 4.69) is 30.5 Å². The van der Waals surface area contributed by atoms with Gasteiger partial charge in [-0.2, -0.15) is 5.10 Å². The molecular weight excluding hydrogens is 495 g/mol. The van der Waals surface area contributed by atoms with Crippen LogP contribution in [-0.2, 0) is 4.79 Å². The van der Waals surface area contributed by atoms with Gasteiger partial charge in [-0.15, -0.1) is 0 Å². The lowest BCUT2D eigenvalue weighted by atomic mass is 10.1. The number of aromatic amines is 2. The maximum absolute atomic E-state index is 14.1. The summed E-state index contributed by atoms with van der Waals surface area (Å²) in [5.41, 5.74) is 7.35. The van der Waals surface area contributed by atoms with E-state index in [0.29, 0.717) is 51.6 Å². The van der Waals surface area contributed by atoms with E-state index in [-0.39, 0.29) is 11.7 Å². The number of hydrogen-bond acceptors (Lipinski definition) is 6. The summed E-state index contributed by atoms with van der Waals surface area (Å²) in [6.07, 6.45) is 7.25. The van der Waals surface area contributed by atoms with Crippen LogP contribution in [0.2, 0.25) is 0 Å². The molecule has 0 saturated carbocycles. The highest BCUT2D eigenvalue weighted by Gasteiger charge is 2.18. The van der Waals surface area contributed by atoms with Crippen LogP contribution >= 0.6 is 0 Å². The number of nitrogens with zero attached hydrogens (tertiary/aromatic N) is 5. The van der Waals surface area contributed by atoms with Crippen molar-refractivity contribution < 1.29 is 9.18 Å². The number of H-pyrrole nitrogens is 2. The molecule has 1 amide bonds. The van der Waals surface area contributed by atoms with Gasteiger partial charge in [0.1, 0.15) is 16.9 Å². The molecule has 0 spiro atoms. The molecule has 5 heterocycles. The second-order valence-electron chi connectivity index (χ2n) is 9.44. The zero-order valence-corrected chi connectivity index (χ0v) is 21.4. The lowest BCUT2D eigenvalue weighted by Gasteiger charge is -2.07. The lowest BCUT2D eigenvalue weighted by molar-refractivity contribution is -0.116. The van der Waals surface area contributed by atoms with Crippen LogP contribution < -0.4 is 5.32 Å². The molecule has 9 nitrogen and oxygen atoms in total. The first-order chi connectivity index (χ1) is 19.0. The fourth-order valence-corrected chi connectivity index (χ4v) is 4.57. The summed E-state index contributed by atoms with van der Waals surface area (Å²) in [7, 11) is 0. The quantitative estimate of drug-likeness (QED) is 0.230. The number of amides is 1. The van der Waals surface area contributed by atoms with Gasteiger partial charge in [0, 0.05) is 29.9 Å². The second kappa shape index (κ2) is 10.1. The maximum atomic E-state index is 14.1. The van der Waals surface area contributed by atoms with E-state index >= 15 is 0 Å². The molecule has 0 radical (unpaired) electrons. The molecule has 1 aromatic carbocycles. The molecule has 10 heteroatoms. The number of anilines is 1. The molecule has 6 rings (SSSR count). The molecule has 0 aliphatic rings. The van der Waals surface area contributed by atoms with Gasteiger partial charge in [0.05, 0.1) is 34.3 Å². The fraction of sp³-hybridized carbons (Fsp3) is 0.172. The number of nitrogens with one attached hydrogen (secondary N) is 3. The number of imidazole rings is 1. The topological polar surface area (TPSA) is 125 Å². The van der Waals surface area contributed by atoms with Gasteiger partial charge in [0.2, 0.25) is 5.91 Å². The molecule has 6 aromatic rings. The van der Waals surface area contributed by atoms with Gasteiger partial charge in [-0.3, -0.25) is 19.9 Å². The number of fused-ring (bicyclic) bond motifs is 2. The second-order valence-corrected chi connectivity index (χ2v) is 9.44. The van der Waals surface area contributed by atoms with Crippen LogP contribution in [0, 0.1) is 12.7 Å². The van der Waals surface area contributed by atoms with Gasteiger partial charge < -0.3 is 10.3 Å². The molecule has 0 atom stereocenters. The van der Waals surface area contributed by atoms with Crippen molar-refractivity contribution in [2.24, 2.45) is 0 Å². The minimum absolute atomic E-state index is 0.0384. The van der Waals surface area contributed by atoms with Crippen LogP contribution in [0.3, 0.4) is 0 Å². The first kappa shape index (κ1) is 24.4. The molecule has 5 aromatic heterocycles. The van der Waals surface area contributed by atoms with E-state index in [9.17, 15) is 9.18 Å². The van der Waals surface area contributed by atoms with Crippen molar-refractivity contribution >= 4 is 33.7 Å². The Bertz CT molecular complexity index is 1820. The number of unbranched alkanes of at least 4 members (excludes halogenated alkanes) is 1. The number of aromatic nitrogens is 7. The van der Waals surface area contributed by atoms with Crippen molar-refractivity contribution in [2.45, 2.75) is 33.1 Å². The molecule has 3 N–H and O–H groups in total. The van der Waals surface area contributed by atoms with E-state index in [4.69, 9.17) is 9.97 Å². The van der Waals surface area contributed by atoms with Crippen molar-refractivity contribution in [3.63, 3.8) is 0 Å². The standard InChI is InChI=1S/C29H25FN8O/c1-3-4-5-24(39)33-20-13-18(14-31-15-20)21-6-7-23-27(34-21)28(38-37-23)29-35-22-8-9-32-25(26(22)36-29)17-10-16(2)11-19(30)12-17/h6-15H,3-5H2,1-2H3,(H,33,39)(H,35,36)(H,37,38). The monoisotopic (exact) mass is 520 g/mol. The Morgan fingerprint density at radius 3 is 2.69 bits per heavy atom. The number of halogens is 1. The van der Waals surface area contributed by atoms with Gasteiger partial charge in [-0.1, -0.05) is 13.3 Å². The molecule has 194 valence electrons. The van der Waals surface area contributed by atoms with Gasteiger partial charge in [-0.25, -0.2) is 14.4 Å². The molecule has 0 fully saturated rings. The summed E-state index contributed by atoms with van der Waals surface area (Å²) in [6, 6.07) is 12.2. The zero-order chi connectivity index (χ0) is 26.9. The molecule has 0 bridgehead atoms. The van der Waals surface area contributed by atoms with Crippen molar-refractivity contribution in [3.8, 4) is 34.0 Å². The van der Waals surface area contributed by atoms with E-state index in [0.717, 1.165) is 35.0 Å². The third-order valence-corrected chi connectivity index (χ3v) is 6.42. The molecule has 0 saturated heterocycles. The molecule has 0 aliphatic heterocycles. The highest BCUT2D eigenvalue weighted by molar-refractivity contribution is 5.95. The number of pyridine rings is 3. The van der Waals surface area contributed by atoms with Crippen molar-refractivity contribution in [2.75, 3.05) is 5.32 Å². The number of aryl methyl sites for hydroxylation is 1. The third kappa shape index (κ3) is 4.84. The SMILES string of the molecule is CCCCC(=O)Nc1cncc(-c2ccc3[nH]nc(-c4nc5c(-c6cc(C)cc(F)c6)nccc5[nH]4)c3n2)c1. The molecule has 0 unspecified atom stereocenters. The van der Waals surface area contributed by atoms with Crippen LogP contribution in [0.4, 0.5) is 10.1 Å². The Labute approximate surface area is 223 Å². The number of rotatable bonds is 7. The van der Waals surface area contributed by atoms with Gasteiger partial charge in [0.15, 0.2) is 11.5 Å². The van der Waals surface area contributed by atoms with Crippen LogP contribution in [-0.4, -0.2) is 41.0 Å². The Kier molecular flexibility index (Phi) is 6.28. The van der Waals surface area contributed by atoms with Gasteiger partial charge in [-0.05, 0) is 61.4 Å². The molecular formula is C29H25FN8O. The predicted molar refractivity (Wildman–Crippen MR) is 148 cm³/mol. The Morgan fingerprint density at radius 1 is 0.974 bits per heavy atom. The molecule has 0 aliphatic carbocycles. The summed E-state index contributed by atoms with van der Waals surface area (Å²) >= 11 is 0. The summed E-state index contributed by atoms with van der Waals surface area (Å²) in [5.74, 6) is 0.149. The minimum atomic E-state index is -0.325. The first-order valence-corrected chi connectivity index (χ1v) is 12.7. The Balaban J connectivity index is 1.38. The average Bonchev–Trinajstić information content (AvgIpc) is 3.55. The Hall–Kier alpha value is -4.99. The smallest absolute Gasteiger partial charge is 0.224 e. The largest absolute Gasteiger partial charge is 0.336 e. The van der Waals surface area contributed by atoms with Crippen LogP contribution in [0.15, 0.2) is 61.1 Å².